The first-order valence-electron chi connectivity index (χ1n) is 6.50. The van der Waals surface area contributed by atoms with Crippen LogP contribution in [-0.4, -0.2) is 48.5 Å². The molecule has 1 fully saturated rings. The van der Waals surface area contributed by atoms with Gasteiger partial charge in [0.25, 0.3) is 0 Å². The van der Waals surface area contributed by atoms with Gasteiger partial charge in [0.2, 0.25) is 5.91 Å². The molecule has 5 nitrogen and oxygen atoms in total. The Balaban J connectivity index is 1.91. The number of hydrogen-bond donors (Lipinski definition) is 2. The van der Waals surface area contributed by atoms with Gasteiger partial charge in [0, 0.05) is 19.3 Å². The molecule has 0 saturated carbocycles. The topological polar surface area (TPSA) is 57.3 Å². The summed E-state index contributed by atoms with van der Waals surface area (Å²) in [7, 11) is 0. The van der Waals surface area contributed by atoms with E-state index in [0.29, 0.717) is 17.4 Å². The van der Waals surface area contributed by atoms with E-state index in [9.17, 15) is 4.79 Å². The van der Waals surface area contributed by atoms with Crippen molar-refractivity contribution in [2.24, 2.45) is 0 Å². The number of carbonyl (C=O) groups is 1. The second-order valence-corrected chi connectivity index (χ2v) is 5.14. The molecule has 1 aliphatic rings. The maximum Gasteiger partial charge on any atom is 0.238 e. The molecule has 1 aromatic rings. The van der Waals surface area contributed by atoms with E-state index in [1.54, 1.807) is 6.20 Å². The Kier molecular flexibility index (Phi) is 5.13. The summed E-state index contributed by atoms with van der Waals surface area (Å²) in [5.41, 5.74) is 1.55. The number of carbonyl (C=O) groups excluding carboxylic acids is 1. The monoisotopic (exact) mass is 282 g/mol. The minimum atomic E-state index is -0.0452. The molecule has 1 aliphatic heterocycles. The highest BCUT2D eigenvalue weighted by Gasteiger charge is 2.14. The molecule has 1 amide bonds. The largest absolute Gasteiger partial charge is 0.322 e. The van der Waals surface area contributed by atoms with Gasteiger partial charge in [0.05, 0.1) is 12.2 Å². The van der Waals surface area contributed by atoms with Gasteiger partial charge in [-0.05, 0) is 38.1 Å². The van der Waals surface area contributed by atoms with Crippen molar-refractivity contribution in [3.63, 3.8) is 0 Å². The highest BCUT2D eigenvalue weighted by atomic mass is 35.5. The van der Waals surface area contributed by atoms with Crippen LogP contribution in [0.2, 0.25) is 5.15 Å². The first kappa shape index (κ1) is 14.2. The Hall–Kier alpha value is -1.17. The highest BCUT2D eigenvalue weighted by molar-refractivity contribution is 6.32. The molecule has 0 unspecified atom stereocenters. The molecule has 0 aromatic carbocycles. The summed E-state index contributed by atoms with van der Waals surface area (Å²) in [5, 5.41) is 6.47. The standard InChI is InChI=1S/C13H19ClN4O/c1-10-7-11(13(14)16-8-10)17-12(19)9-18-5-2-3-15-4-6-18/h7-8,15H,2-6,9H2,1H3,(H,17,19). The van der Waals surface area contributed by atoms with Gasteiger partial charge < -0.3 is 10.6 Å². The number of rotatable bonds is 3. The Morgan fingerprint density at radius 1 is 1.53 bits per heavy atom. The molecule has 0 radical (unpaired) electrons. The molecule has 19 heavy (non-hydrogen) atoms. The molecular weight excluding hydrogens is 264 g/mol. The Labute approximate surface area is 118 Å². The molecule has 0 atom stereocenters. The summed E-state index contributed by atoms with van der Waals surface area (Å²) >= 11 is 5.96. The van der Waals surface area contributed by atoms with Gasteiger partial charge in [-0.15, -0.1) is 0 Å². The van der Waals surface area contributed by atoms with E-state index in [-0.39, 0.29) is 5.91 Å². The van der Waals surface area contributed by atoms with E-state index < -0.39 is 0 Å². The third kappa shape index (κ3) is 4.45. The van der Waals surface area contributed by atoms with Crippen LogP contribution in [0.3, 0.4) is 0 Å². The second kappa shape index (κ2) is 6.84. The SMILES string of the molecule is Cc1cnc(Cl)c(NC(=O)CN2CCCNCC2)c1. The number of nitrogens with one attached hydrogen (secondary N) is 2. The summed E-state index contributed by atoms with van der Waals surface area (Å²) in [4.78, 5) is 18.2. The fourth-order valence-electron chi connectivity index (χ4n) is 2.09. The summed E-state index contributed by atoms with van der Waals surface area (Å²) in [5.74, 6) is -0.0452. The molecule has 6 heteroatoms. The third-order valence-electron chi connectivity index (χ3n) is 3.05. The summed E-state index contributed by atoms with van der Waals surface area (Å²) < 4.78 is 0. The van der Waals surface area contributed by atoms with Crippen molar-refractivity contribution >= 4 is 23.2 Å². The lowest BCUT2D eigenvalue weighted by Gasteiger charge is -2.18. The van der Waals surface area contributed by atoms with Crippen molar-refractivity contribution in [1.29, 1.82) is 0 Å². The molecule has 0 spiro atoms. The normalized spacial score (nSPS) is 16.9. The lowest BCUT2D eigenvalue weighted by atomic mass is 10.3. The first-order valence-corrected chi connectivity index (χ1v) is 6.88. The maximum atomic E-state index is 12.0. The first-order chi connectivity index (χ1) is 9.15. The van der Waals surface area contributed by atoms with Crippen LogP contribution < -0.4 is 10.6 Å². The van der Waals surface area contributed by atoms with E-state index >= 15 is 0 Å². The van der Waals surface area contributed by atoms with Crippen LogP contribution in [0.25, 0.3) is 0 Å². The maximum absolute atomic E-state index is 12.0. The second-order valence-electron chi connectivity index (χ2n) is 4.78. The molecule has 0 aliphatic carbocycles. The van der Waals surface area contributed by atoms with Gasteiger partial charge in [-0.3, -0.25) is 9.69 Å². The van der Waals surface area contributed by atoms with Gasteiger partial charge in [-0.1, -0.05) is 11.6 Å². The van der Waals surface area contributed by atoms with Crippen molar-refractivity contribution in [2.75, 3.05) is 38.0 Å². The molecule has 2 N–H and O–H groups in total. The zero-order valence-corrected chi connectivity index (χ0v) is 11.8. The zero-order chi connectivity index (χ0) is 13.7. The lowest BCUT2D eigenvalue weighted by molar-refractivity contribution is -0.117. The minimum absolute atomic E-state index is 0.0452. The summed E-state index contributed by atoms with van der Waals surface area (Å²) in [6.07, 6.45) is 2.75. The molecule has 2 rings (SSSR count). The number of aromatic nitrogens is 1. The molecule has 1 aromatic heterocycles. The average Bonchev–Trinajstić information content (AvgIpc) is 2.62. The van der Waals surface area contributed by atoms with Gasteiger partial charge in [-0.25, -0.2) is 4.98 Å². The molecule has 2 heterocycles. The number of amides is 1. The predicted octanol–water partition coefficient (Wildman–Crippen LogP) is 1.28. The van der Waals surface area contributed by atoms with Crippen LogP contribution in [0.15, 0.2) is 12.3 Å². The Morgan fingerprint density at radius 2 is 2.37 bits per heavy atom. The Morgan fingerprint density at radius 3 is 3.21 bits per heavy atom. The van der Waals surface area contributed by atoms with E-state index in [4.69, 9.17) is 11.6 Å². The highest BCUT2D eigenvalue weighted by Crippen LogP contribution is 2.19. The van der Waals surface area contributed by atoms with Crippen molar-refractivity contribution in [3.8, 4) is 0 Å². The van der Waals surface area contributed by atoms with Crippen molar-refractivity contribution in [1.82, 2.24) is 15.2 Å². The minimum Gasteiger partial charge on any atom is -0.322 e. The van der Waals surface area contributed by atoms with Crippen LogP contribution in [0, 0.1) is 6.92 Å². The van der Waals surface area contributed by atoms with Gasteiger partial charge in [0.1, 0.15) is 0 Å². The van der Waals surface area contributed by atoms with Gasteiger partial charge in [0.15, 0.2) is 5.15 Å². The zero-order valence-electron chi connectivity index (χ0n) is 11.1. The lowest BCUT2D eigenvalue weighted by Crippen LogP contribution is -2.35. The van der Waals surface area contributed by atoms with Crippen molar-refractivity contribution in [2.45, 2.75) is 13.3 Å². The molecule has 0 bridgehead atoms. The van der Waals surface area contributed by atoms with Crippen molar-refractivity contribution in [3.05, 3.63) is 23.0 Å². The number of anilines is 1. The predicted molar refractivity (Wildman–Crippen MR) is 76.5 cm³/mol. The van der Waals surface area contributed by atoms with Crippen LogP contribution in [0.4, 0.5) is 5.69 Å². The van der Waals surface area contributed by atoms with E-state index in [2.05, 4.69) is 20.5 Å². The van der Waals surface area contributed by atoms with Gasteiger partial charge >= 0.3 is 0 Å². The summed E-state index contributed by atoms with van der Waals surface area (Å²) in [6.45, 7) is 6.10. The molecule has 104 valence electrons. The van der Waals surface area contributed by atoms with Gasteiger partial charge in [-0.2, -0.15) is 0 Å². The number of nitrogens with zero attached hydrogens (tertiary/aromatic N) is 2. The fourth-order valence-corrected chi connectivity index (χ4v) is 2.24. The van der Waals surface area contributed by atoms with Crippen LogP contribution >= 0.6 is 11.6 Å². The number of pyridine rings is 1. The van der Waals surface area contributed by atoms with Crippen LogP contribution in [0.5, 0.6) is 0 Å². The number of aryl methyl sites for hydroxylation is 1. The summed E-state index contributed by atoms with van der Waals surface area (Å²) in [6, 6.07) is 1.83. The smallest absolute Gasteiger partial charge is 0.238 e. The van der Waals surface area contributed by atoms with Crippen LogP contribution in [0.1, 0.15) is 12.0 Å². The quantitative estimate of drug-likeness (QED) is 0.820. The fraction of sp³-hybridized carbons (Fsp3) is 0.538. The molecule has 1 saturated heterocycles. The molecular formula is C13H19ClN4O. The average molecular weight is 283 g/mol. The Bertz CT molecular complexity index is 444. The van der Waals surface area contributed by atoms with E-state index in [0.717, 1.165) is 38.2 Å². The van der Waals surface area contributed by atoms with Crippen molar-refractivity contribution < 1.29 is 4.79 Å². The van der Waals surface area contributed by atoms with E-state index in [1.807, 2.05) is 13.0 Å². The number of hydrogen-bond acceptors (Lipinski definition) is 4. The van der Waals surface area contributed by atoms with Crippen LogP contribution in [-0.2, 0) is 4.79 Å². The third-order valence-corrected chi connectivity index (χ3v) is 3.35. The van der Waals surface area contributed by atoms with E-state index in [1.165, 1.54) is 0 Å². The number of halogens is 1.